The Bertz CT molecular complexity index is 2520. The first-order valence-electron chi connectivity index (χ1n) is 18.1. The number of nitrogens with zero attached hydrogens (tertiary/aromatic N) is 3. The van der Waals surface area contributed by atoms with Gasteiger partial charge in [0.2, 0.25) is 6.54 Å². The zero-order valence-corrected chi connectivity index (χ0v) is 31.3. The van der Waals surface area contributed by atoms with Gasteiger partial charge in [-0.25, -0.2) is 16.0 Å². The minimum absolute atomic E-state index is 0.110. The van der Waals surface area contributed by atoms with Gasteiger partial charge in [-0.3, -0.25) is 14.3 Å². The molecule has 0 saturated carbocycles. The van der Waals surface area contributed by atoms with Crippen molar-refractivity contribution in [2.45, 2.75) is 77.2 Å². The Morgan fingerprint density at radius 1 is 0.943 bits per heavy atom. The normalized spacial score (nSPS) is 21.8. The van der Waals surface area contributed by atoms with Crippen LogP contribution in [-0.2, 0) is 18.5 Å². The Kier molecular flexibility index (Phi) is 9.33. The lowest BCUT2D eigenvalue weighted by Gasteiger charge is -2.38. The van der Waals surface area contributed by atoms with Crippen LogP contribution in [0, 0.1) is 18.4 Å². The zero-order chi connectivity index (χ0) is 37.0. The summed E-state index contributed by atoms with van der Waals surface area (Å²) in [6.07, 6.45) is -0.0434. The summed E-state index contributed by atoms with van der Waals surface area (Å²) in [5.74, 6) is 6.33. The molecule has 10 nitrogen and oxygen atoms in total. The molecule has 2 aliphatic heterocycles. The van der Waals surface area contributed by atoms with Crippen molar-refractivity contribution in [3.8, 4) is 11.8 Å². The second-order valence-corrected chi connectivity index (χ2v) is 15.7. The van der Waals surface area contributed by atoms with E-state index in [2.05, 4.69) is 109 Å². The summed E-state index contributed by atoms with van der Waals surface area (Å²) in [4.78, 5) is 32.5. The molecule has 2 fully saturated rings. The molecule has 11 heteroatoms. The Labute approximate surface area is 308 Å². The van der Waals surface area contributed by atoms with Gasteiger partial charge >= 0.3 is 5.69 Å². The van der Waals surface area contributed by atoms with Gasteiger partial charge in [0.25, 0.3) is 14.1 Å². The second-order valence-electron chi connectivity index (χ2n) is 14.3. The van der Waals surface area contributed by atoms with Crippen molar-refractivity contribution in [1.29, 1.82) is 0 Å². The highest BCUT2D eigenvalue weighted by Gasteiger charge is 2.63. The third kappa shape index (κ3) is 5.91. The SMILES string of the molecule is [C-]#[N+]CCOP(OC1[C@@H]2OC[C@]1(CC)O[C@H]2n1cc(C#Cc2ccc3c4cccc5cccc(c6cccc2c63)c54)c(=O)[nH]c1=O)N(C(C)C)C(C)C. The topological polar surface area (TPSA) is 99.4 Å². The molecule has 1 N–H and O–H groups in total. The van der Waals surface area contributed by atoms with Crippen LogP contribution in [0.5, 0.6) is 0 Å². The third-order valence-electron chi connectivity index (χ3n) is 10.5. The van der Waals surface area contributed by atoms with Crippen molar-refractivity contribution in [2.75, 3.05) is 19.8 Å². The first-order chi connectivity index (χ1) is 25.7. The summed E-state index contributed by atoms with van der Waals surface area (Å²) in [7, 11) is -1.59. The van der Waals surface area contributed by atoms with E-state index in [-0.39, 0.29) is 30.8 Å². The molecule has 270 valence electrons. The highest BCUT2D eigenvalue weighted by atomic mass is 31.2. The number of fused-ring (bicyclic) bond motifs is 4. The molecule has 5 aromatic carbocycles. The number of H-pyrrole nitrogens is 1. The minimum Gasteiger partial charge on any atom is -0.368 e. The van der Waals surface area contributed by atoms with Crippen LogP contribution in [0.25, 0.3) is 47.9 Å². The van der Waals surface area contributed by atoms with Crippen molar-refractivity contribution < 1.29 is 18.5 Å². The first kappa shape index (κ1) is 35.4. The molecule has 8 rings (SSSR count). The maximum absolute atomic E-state index is 13.4. The maximum Gasteiger partial charge on any atom is 0.330 e. The lowest BCUT2D eigenvalue weighted by atomic mass is 9.88. The molecule has 3 heterocycles. The quantitative estimate of drug-likeness (QED) is 0.0385. The molecule has 53 heavy (non-hydrogen) atoms. The van der Waals surface area contributed by atoms with Crippen molar-refractivity contribution in [2.24, 2.45) is 0 Å². The number of hydrogen-bond donors (Lipinski definition) is 1. The predicted molar refractivity (Wildman–Crippen MR) is 209 cm³/mol. The minimum atomic E-state index is -1.59. The molecule has 1 aromatic heterocycles. The van der Waals surface area contributed by atoms with Gasteiger partial charge in [0, 0.05) is 23.8 Å². The number of ether oxygens (including phenoxy) is 2. The fraction of sp³-hybridized carbons (Fsp3) is 0.357. The van der Waals surface area contributed by atoms with Crippen LogP contribution < -0.4 is 11.2 Å². The number of aromatic nitrogens is 2. The second kappa shape index (κ2) is 14.0. The van der Waals surface area contributed by atoms with Gasteiger partial charge in [-0.2, -0.15) is 0 Å². The van der Waals surface area contributed by atoms with Gasteiger partial charge in [-0.05, 0) is 83.3 Å². The summed E-state index contributed by atoms with van der Waals surface area (Å²) in [6, 6.07) is 23.4. The molecule has 0 amide bonds. The van der Waals surface area contributed by atoms with Crippen LogP contribution in [0.1, 0.15) is 58.4 Å². The van der Waals surface area contributed by atoms with Crippen LogP contribution in [-0.4, -0.2) is 63.9 Å². The van der Waals surface area contributed by atoms with Crippen LogP contribution >= 0.6 is 8.53 Å². The van der Waals surface area contributed by atoms with Crippen molar-refractivity contribution >= 4 is 51.6 Å². The summed E-state index contributed by atoms with van der Waals surface area (Å²) in [6.45, 7) is 18.3. The predicted octanol–water partition coefficient (Wildman–Crippen LogP) is 7.73. The standard InChI is InChI=1S/C42H41N4O6P/c1-7-42-24-49-37(38(42)52-53(50-22-21-43-6)46(25(2)3)26(4)5)40(51-42)45-23-29(39(47)44-41(45)48)18-17-27-19-20-34-32-15-9-12-28-11-8-14-31(35(28)32)33-16-10-13-30(27)36(33)34/h8-16,19-20,23,25-26,37-38,40H,7,21-22,24H2,1-5H3,(H,44,47,48)/t37-,38?,40+,42-,53?/m0/s1. The van der Waals surface area contributed by atoms with E-state index < -0.39 is 43.8 Å². The van der Waals surface area contributed by atoms with E-state index in [1.807, 2.05) is 19.1 Å². The molecule has 2 bridgehead atoms. The van der Waals surface area contributed by atoms with E-state index in [0.29, 0.717) is 13.0 Å². The fourth-order valence-corrected chi connectivity index (χ4v) is 9.95. The van der Waals surface area contributed by atoms with E-state index in [0.717, 1.165) is 27.1 Å². The molecular weight excluding hydrogens is 687 g/mol. The molecule has 5 atom stereocenters. The Balaban J connectivity index is 1.16. The van der Waals surface area contributed by atoms with Crippen LogP contribution in [0.15, 0.2) is 82.5 Å². The van der Waals surface area contributed by atoms with E-state index in [1.165, 1.54) is 32.3 Å². The van der Waals surface area contributed by atoms with Gasteiger partial charge in [0.15, 0.2) is 6.23 Å². The maximum atomic E-state index is 13.4. The summed E-state index contributed by atoms with van der Waals surface area (Å²) in [5.41, 5.74) is -1.14. The largest absolute Gasteiger partial charge is 0.368 e. The molecule has 2 unspecified atom stereocenters. The van der Waals surface area contributed by atoms with Gasteiger partial charge in [-0.1, -0.05) is 79.4 Å². The van der Waals surface area contributed by atoms with E-state index in [1.54, 1.807) is 0 Å². The third-order valence-corrected chi connectivity index (χ3v) is 12.6. The van der Waals surface area contributed by atoms with E-state index in [4.69, 9.17) is 25.1 Å². The summed E-state index contributed by atoms with van der Waals surface area (Å²) in [5, 5.41) is 9.24. The van der Waals surface area contributed by atoms with Crippen LogP contribution in [0.4, 0.5) is 0 Å². The van der Waals surface area contributed by atoms with Crippen molar-refractivity contribution in [3.05, 3.63) is 116 Å². The summed E-state index contributed by atoms with van der Waals surface area (Å²) >= 11 is 0. The number of hydrogen-bond acceptors (Lipinski definition) is 7. The molecule has 2 saturated heterocycles. The first-order valence-corrected chi connectivity index (χ1v) is 19.2. The average molecular weight is 729 g/mol. The van der Waals surface area contributed by atoms with Crippen LogP contribution in [0.3, 0.4) is 0 Å². The monoisotopic (exact) mass is 728 g/mol. The lowest BCUT2D eigenvalue weighted by Crippen LogP contribution is -2.43. The Morgan fingerprint density at radius 3 is 2.26 bits per heavy atom. The van der Waals surface area contributed by atoms with Crippen molar-refractivity contribution in [3.63, 3.8) is 0 Å². The number of aromatic amines is 1. The van der Waals surface area contributed by atoms with Gasteiger partial charge in [0.1, 0.15) is 30.0 Å². The number of nitrogens with one attached hydrogen (secondary N) is 1. The van der Waals surface area contributed by atoms with Gasteiger partial charge in [0.05, 0.1) is 6.61 Å². The smallest absolute Gasteiger partial charge is 0.330 e. The zero-order valence-electron chi connectivity index (χ0n) is 30.4. The Morgan fingerprint density at radius 2 is 1.58 bits per heavy atom. The number of benzene rings is 5. The van der Waals surface area contributed by atoms with Gasteiger partial charge < -0.3 is 23.4 Å². The molecule has 0 spiro atoms. The lowest BCUT2D eigenvalue weighted by molar-refractivity contribution is -0.175. The fourth-order valence-electron chi connectivity index (χ4n) is 8.14. The summed E-state index contributed by atoms with van der Waals surface area (Å²) < 4.78 is 29.5. The average Bonchev–Trinajstić information content (AvgIpc) is 3.65. The molecule has 2 aliphatic rings. The van der Waals surface area contributed by atoms with E-state index >= 15 is 0 Å². The van der Waals surface area contributed by atoms with E-state index in [9.17, 15) is 9.59 Å². The molecular formula is C42H41N4O6P. The molecule has 0 radical (unpaired) electrons. The highest BCUT2D eigenvalue weighted by Crippen LogP contribution is 2.55. The van der Waals surface area contributed by atoms with Crippen LogP contribution in [0.2, 0.25) is 0 Å². The van der Waals surface area contributed by atoms with Gasteiger partial charge in [-0.15, -0.1) is 0 Å². The molecule has 6 aromatic rings. The Hall–Kier alpha value is -4.64. The molecule has 0 aliphatic carbocycles. The highest BCUT2D eigenvalue weighted by molar-refractivity contribution is 7.44. The number of rotatable bonds is 10. The van der Waals surface area contributed by atoms with Crippen molar-refractivity contribution in [1.82, 2.24) is 14.2 Å².